The monoisotopic (exact) mass is 376 g/mol. The van der Waals surface area contributed by atoms with Crippen LogP contribution in [0.5, 0.6) is 5.75 Å². The maximum absolute atomic E-state index is 12.4. The van der Waals surface area contributed by atoms with Gasteiger partial charge in [-0.3, -0.25) is 5.01 Å². The number of hydrazone groups is 1. The highest BCUT2D eigenvalue weighted by atomic mass is 32.1. The highest BCUT2D eigenvalue weighted by molar-refractivity contribution is 7.21. The summed E-state index contributed by atoms with van der Waals surface area (Å²) in [5.41, 5.74) is 0.962. The second-order valence-electron chi connectivity index (χ2n) is 5.76. The number of ether oxygens (including phenoxy) is 1. The summed E-state index contributed by atoms with van der Waals surface area (Å²) in [6, 6.07) is 20.8. The molecule has 4 rings (SSSR count). The largest absolute Gasteiger partial charge is 0.457 e. The fraction of sp³-hybridized carbons (Fsp3) is 0.0476. The standard InChI is InChI=1S/C21H16N2O3S/c1-23(15-8-3-2-4-9-15)22-14-19-20(16-10-5-6-12-18(16)27-19)26-21(24)17-11-7-13-25-17/h2-14H,1H3/b22-14+. The van der Waals surface area contributed by atoms with Crippen LogP contribution in [-0.2, 0) is 0 Å². The van der Waals surface area contributed by atoms with Gasteiger partial charge in [0.2, 0.25) is 5.76 Å². The Labute approximate surface area is 160 Å². The van der Waals surface area contributed by atoms with Crippen molar-refractivity contribution < 1.29 is 13.9 Å². The molecule has 2 aromatic heterocycles. The van der Waals surface area contributed by atoms with Crippen molar-refractivity contribution in [1.82, 2.24) is 0 Å². The van der Waals surface area contributed by atoms with Gasteiger partial charge in [-0.1, -0.05) is 30.3 Å². The van der Waals surface area contributed by atoms with Crippen LogP contribution in [0.15, 0.2) is 82.5 Å². The van der Waals surface area contributed by atoms with Crippen molar-refractivity contribution in [2.75, 3.05) is 12.1 Å². The molecule has 2 heterocycles. The molecule has 0 bridgehead atoms. The molecule has 6 heteroatoms. The lowest BCUT2D eigenvalue weighted by Crippen LogP contribution is -2.10. The number of para-hydroxylation sites is 1. The van der Waals surface area contributed by atoms with Gasteiger partial charge in [0.05, 0.1) is 23.0 Å². The fourth-order valence-electron chi connectivity index (χ4n) is 2.62. The molecule has 5 nitrogen and oxygen atoms in total. The van der Waals surface area contributed by atoms with E-state index in [1.165, 1.54) is 17.6 Å². The minimum Gasteiger partial charge on any atom is -0.457 e. The third kappa shape index (κ3) is 3.61. The minimum atomic E-state index is -0.533. The third-order valence-electron chi connectivity index (χ3n) is 3.97. The first-order valence-electron chi connectivity index (χ1n) is 8.32. The van der Waals surface area contributed by atoms with E-state index in [0.29, 0.717) is 5.75 Å². The van der Waals surface area contributed by atoms with E-state index in [2.05, 4.69) is 5.10 Å². The zero-order chi connectivity index (χ0) is 18.6. The number of carbonyl (C=O) groups is 1. The second kappa shape index (κ2) is 7.47. The van der Waals surface area contributed by atoms with Gasteiger partial charge in [0.1, 0.15) is 0 Å². The van der Waals surface area contributed by atoms with Gasteiger partial charge >= 0.3 is 5.97 Å². The SMILES string of the molecule is CN(/N=C/c1sc2ccccc2c1OC(=O)c1ccco1)c1ccccc1. The highest BCUT2D eigenvalue weighted by Gasteiger charge is 2.18. The minimum absolute atomic E-state index is 0.162. The van der Waals surface area contributed by atoms with Crippen molar-refractivity contribution in [2.45, 2.75) is 0 Å². The van der Waals surface area contributed by atoms with E-state index in [0.717, 1.165) is 20.7 Å². The Morgan fingerprint density at radius 2 is 1.85 bits per heavy atom. The summed E-state index contributed by atoms with van der Waals surface area (Å²) in [5.74, 6) is 0.117. The molecule has 0 atom stereocenters. The van der Waals surface area contributed by atoms with Crippen LogP contribution in [0.1, 0.15) is 15.4 Å². The van der Waals surface area contributed by atoms with Gasteiger partial charge in [0.15, 0.2) is 5.75 Å². The van der Waals surface area contributed by atoms with Crippen LogP contribution in [0.4, 0.5) is 5.69 Å². The van der Waals surface area contributed by atoms with E-state index in [-0.39, 0.29) is 5.76 Å². The van der Waals surface area contributed by atoms with Crippen LogP contribution >= 0.6 is 11.3 Å². The topological polar surface area (TPSA) is 55.0 Å². The molecule has 0 saturated carbocycles. The van der Waals surface area contributed by atoms with Gasteiger partial charge in [-0.05, 0) is 36.4 Å². The van der Waals surface area contributed by atoms with E-state index in [4.69, 9.17) is 9.15 Å². The Balaban J connectivity index is 1.67. The molecule has 0 unspecified atom stereocenters. The first-order valence-corrected chi connectivity index (χ1v) is 9.14. The average molecular weight is 376 g/mol. The first-order chi connectivity index (χ1) is 13.2. The van der Waals surface area contributed by atoms with Gasteiger partial charge in [-0.2, -0.15) is 5.10 Å². The maximum atomic E-state index is 12.4. The predicted octanol–water partition coefficient (Wildman–Crippen LogP) is 5.18. The van der Waals surface area contributed by atoms with E-state index in [1.54, 1.807) is 23.4 Å². The quantitative estimate of drug-likeness (QED) is 0.273. The number of fused-ring (bicyclic) bond motifs is 1. The van der Waals surface area contributed by atoms with E-state index >= 15 is 0 Å². The number of furan rings is 1. The number of carbonyl (C=O) groups excluding carboxylic acids is 1. The summed E-state index contributed by atoms with van der Waals surface area (Å²) in [5, 5.41) is 7.13. The van der Waals surface area contributed by atoms with Crippen LogP contribution in [0.3, 0.4) is 0 Å². The van der Waals surface area contributed by atoms with Gasteiger partial charge in [-0.15, -0.1) is 11.3 Å². The summed E-state index contributed by atoms with van der Waals surface area (Å²) < 4.78 is 11.8. The van der Waals surface area contributed by atoms with Gasteiger partial charge < -0.3 is 9.15 Å². The van der Waals surface area contributed by atoms with Gasteiger partial charge in [-0.25, -0.2) is 4.79 Å². The molecule has 0 N–H and O–H groups in total. The number of anilines is 1. The van der Waals surface area contributed by atoms with E-state index in [9.17, 15) is 4.79 Å². The summed E-state index contributed by atoms with van der Waals surface area (Å²) >= 11 is 1.52. The highest BCUT2D eigenvalue weighted by Crippen LogP contribution is 2.37. The third-order valence-corrected chi connectivity index (χ3v) is 5.06. The van der Waals surface area contributed by atoms with Crippen molar-refractivity contribution in [2.24, 2.45) is 5.10 Å². The molecule has 0 saturated heterocycles. The molecule has 0 aliphatic heterocycles. The summed E-state index contributed by atoms with van der Waals surface area (Å²) in [4.78, 5) is 13.1. The van der Waals surface area contributed by atoms with Crippen molar-refractivity contribution in [1.29, 1.82) is 0 Å². The molecule has 0 amide bonds. The Morgan fingerprint density at radius 1 is 1.07 bits per heavy atom. The average Bonchev–Trinajstić information content (AvgIpc) is 3.35. The summed E-state index contributed by atoms with van der Waals surface area (Å²) in [7, 11) is 1.87. The predicted molar refractivity (Wildman–Crippen MR) is 108 cm³/mol. The number of hydrogen-bond acceptors (Lipinski definition) is 6. The van der Waals surface area contributed by atoms with Crippen molar-refractivity contribution in [3.05, 3.63) is 83.6 Å². The molecule has 0 aliphatic carbocycles. The van der Waals surface area contributed by atoms with Gasteiger partial charge in [0.25, 0.3) is 0 Å². The summed E-state index contributed by atoms with van der Waals surface area (Å²) in [6.45, 7) is 0. The molecule has 0 aliphatic rings. The molecule has 2 aromatic carbocycles. The van der Waals surface area contributed by atoms with Crippen molar-refractivity contribution in [3.8, 4) is 5.75 Å². The normalized spacial score (nSPS) is 11.1. The van der Waals surface area contributed by atoms with Crippen LogP contribution in [-0.4, -0.2) is 19.2 Å². The maximum Gasteiger partial charge on any atom is 0.379 e. The molecular formula is C21H16N2O3S. The van der Waals surface area contributed by atoms with Gasteiger partial charge in [0, 0.05) is 17.1 Å². The molecule has 0 spiro atoms. The van der Waals surface area contributed by atoms with Crippen molar-refractivity contribution in [3.63, 3.8) is 0 Å². The lowest BCUT2D eigenvalue weighted by atomic mass is 10.2. The zero-order valence-corrected chi connectivity index (χ0v) is 15.3. The molecular weight excluding hydrogens is 360 g/mol. The van der Waals surface area contributed by atoms with Crippen LogP contribution < -0.4 is 9.75 Å². The lowest BCUT2D eigenvalue weighted by Gasteiger charge is -2.12. The number of esters is 1. The number of rotatable bonds is 5. The smallest absolute Gasteiger partial charge is 0.379 e. The Kier molecular flexibility index (Phi) is 4.72. The van der Waals surface area contributed by atoms with E-state index < -0.39 is 5.97 Å². The van der Waals surface area contributed by atoms with Crippen LogP contribution in [0.25, 0.3) is 10.1 Å². The van der Waals surface area contributed by atoms with Crippen molar-refractivity contribution >= 4 is 39.3 Å². The van der Waals surface area contributed by atoms with E-state index in [1.807, 2.05) is 61.6 Å². The Bertz CT molecular complexity index is 1090. The molecule has 4 aromatic rings. The second-order valence-corrected chi connectivity index (χ2v) is 6.85. The molecule has 0 radical (unpaired) electrons. The lowest BCUT2D eigenvalue weighted by molar-refractivity contribution is 0.0704. The number of benzene rings is 2. The molecule has 134 valence electrons. The van der Waals surface area contributed by atoms with Crippen LogP contribution in [0.2, 0.25) is 0 Å². The Morgan fingerprint density at radius 3 is 2.63 bits per heavy atom. The number of nitrogens with zero attached hydrogens (tertiary/aromatic N) is 2. The molecule has 0 fully saturated rings. The van der Waals surface area contributed by atoms with Crippen LogP contribution in [0, 0.1) is 0 Å². The zero-order valence-electron chi connectivity index (χ0n) is 14.5. The fourth-order valence-corrected chi connectivity index (χ4v) is 3.62. The Hall–Kier alpha value is -3.38. The number of hydrogen-bond donors (Lipinski definition) is 0. The molecule has 27 heavy (non-hydrogen) atoms. The summed E-state index contributed by atoms with van der Waals surface area (Å²) in [6.07, 6.45) is 3.15. The number of thiophene rings is 1. The first kappa shape index (κ1) is 17.1.